The molecule has 0 spiro atoms. The number of alkyl halides is 3. The van der Waals surface area contributed by atoms with Crippen LogP contribution in [0, 0.1) is 17.8 Å². The number of benzene rings is 2. The van der Waals surface area contributed by atoms with Gasteiger partial charge < -0.3 is 24.3 Å². The number of anilines is 1. The van der Waals surface area contributed by atoms with Gasteiger partial charge in [-0.1, -0.05) is 12.1 Å². The lowest BCUT2D eigenvalue weighted by atomic mass is 9.90. The summed E-state index contributed by atoms with van der Waals surface area (Å²) in [6.45, 7) is 2.14. The number of hydrogen-bond donors (Lipinski definition) is 1. The van der Waals surface area contributed by atoms with Gasteiger partial charge in [-0.25, -0.2) is 0 Å². The van der Waals surface area contributed by atoms with E-state index >= 15 is 0 Å². The largest absolute Gasteiger partial charge is 0.416 e. The first-order chi connectivity index (χ1) is 18.8. The number of nitrogens with zero attached hydrogens (tertiary/aromatic N) is 4. The first kappa shape index (κ1) is 24.7. The van der Waals surface area contributed by atoms with Crippen LogP contribution in [0.25, 0.3) is 0 Å². The molecule has 0 radical (unpaired) electrons. The molecular weight excluding hydrogens is 511 g/mol. The van der Waals surface area contributed by atoms with Crippen LogP contribution < -0.4 is 10.2 Å². The van der Waals surface area contributed by atoms with Gasteiger partial charge in [0.25, 0.3) is 5.91 Å². The van der Waals surface area contributed by atoms with Crippen molar-refractivity contribution >= 4 is 11.6 Å². The average molecular weight is 540 g/mol. The number of halogens is 3. The zero-order chi connectivity index (χ0) is 26.9. The van der Waals surface area contributed by atoms with Gasteiger partial charge in [0.05, 0.1) is 31.9 Å². The second-order valence-corrected chi connectivity index (χ2v) is 11.0. The highest BCUT2D eigenvalue weighted by atomic mass is 19.4. The van der Waals surface area contributed by atoms with Crippen molar-refractivity contribution in [3.8, 4) is 0 Å². The molecule has 7 rings (SSSR count). The first-order valence-electron chi connectivity index (χ1n) is 13.2. The van der Waals surface area contributed by atoms with Crippen molar-refractivity contribution in [1.29, 1.82) is 0 Å². The minimum Gasteiger partial charge on any atom is -0.381 e. The van der Waals surface area contributed by atoms with Crippen molar-refractivity contribution < 1.29 is 27.4 Å². The molecule has 2 saturated heterocycles. The molecule has 1 aliphatic carbocycles. The molecule has 3 fully saturated rings. The lowest BCUT2D eigenvalue weighted by Gasteiger charge is -2.36. The van der Waals surface area contributed by atoms with E-state index < -0.39 is 17.6 Å². The zero-order valence-electron chi connectivity index (χ0n) is 21.3. The summed E-state index contributed by atoms with van der Waals surface area (Å²) in [6, 6.07) is 10.5. The molecule has 1 saturated carbocycles. The Hall–Kier alpha value is -3.28. The van der Waals surface area contributed by atoms with E-state index in [1.165, 1.54) is 11.0 Å². The SMILES string of the molecule is Cn1cnnc1[C@@H]1OC[C@H]1Cc1cccc(N2Cc3c(cc(CNC4C5COCC54)cc3C(F)(F)F)C2=O)c1. The van der Waals surface area contributed by atoms with Crippen molar-refractivity contribution in [3.63, 3.8) is 0 Å². The van der Waals surface area contributed by atoms with E-state index in [0.717, 1.165) is 11.4 Å². The van der Waals surface area contributed by atoms with Crippen LogP contribution in [-0.4, -0.2) is 46.5 Å². The number of aromatic nitrogens is 3. The highest BCUT2D eigenvalue weighted by Crippen LogP contribution is 2.45. The molecule has 4 aliphatic rings. The topological polar surface area (TPSA) is 81.5 Å². The molecule has 1 N–H and O–H groups in total. The second kappa shape index (κ2) is 9.14. The third-order valence-corrected chi connectivity index (χ3v) is 8.54. The fourth-order valence-corrected chi connectivity index (χ4v) is 6.29. The van der Waals surface area contributed by atoms with Crippen LogP contribution in [0.2, 0.25) is 0 Å². The maximum Gasteiger partial charge on any atom is 0.416 e. The van der Waals surface area contributed by atoms with Crippen LogP contribution in [0.15, 0.2) is 42.7 Å². The highest BCUT2D eigenvalue weighted by Gasteiger charge is 2.53. The van der Waals surface area contributed by atoms with Gasteiger partial charge >= 0.3 is 6.18 Å². The van der Waals surface area contributed by atoms with Gasteiger partial charge in [-0.05, 0) is 47.4 Å². The molecule has 11 heteroatoms. The van der Waals surface area contributed by atoms with Gasteiger partial charge in [0.1, 0.15) is 12.4 Å². The summed E-state index contributed by atoms with van der Waals surface area (Å²) in [5.74, 6) is 1.42. The summed E-state index contributed by atoms with van der Waals surface area (Å²) in [6.07, 6.45) is -2.39. The molecule has 4 heterocycles. The van der Waals surface area contributed by atoms with Gasteiger partial charge in [-0.3, -0.25) is 4.79 Å². The Bertz CT molecular complexity index is 1430. The van der Waals surface area contributed by atoms with Gasteiger partial charge in [-0.2, -0.15) is 13.2 Å². The molecule has 2 aromatic carbocycles. The van der Waals surface area contributed by atoms with Gasteiger partial charge in [0, 0.05) is 48.6 Å². The quantitative estimate of drug-likeness (QED) is 0.494. The minimum atomic E-state index is -4.55. The third-order valence-electron chi connectivity index (χ3n) is 8.54. The minimum absolute atomic E-state index is 0.0353. The number of fused-ring (bicyclic) bond motifs is 2. The maximum atomic E-state index is 14.1. The number of ether oxygens (including phenoxy) is 2. The molecule has 4 atom stereocenters. The number of aryl methyl sites for hydroxylation is 1. The van der Waals surface area contributed by atoms with E-state index in [0.29, 0.717) is 49.3 Å². The summed E-state index contributed by atoms with van der Waals surface area (Å²) in [7, 11) is 1.87. The Kier molecular flexibility index (Phi) is 5.80. The van der Waals surface area contributed by atoms with Gasteiger partial charge in [-0.15, -0.1) is 10.2 Å². The standard InChI is InChI=1S/C28H28F3N5O3/c1-35-14-33-34-26(35)25-17(11-39-25)5-15-3-2-4-18(6-15)36-10-20-19(27(36)37)7-16(8-23(20)28(29,30)31)9-32-24-21-12-38-13-22(21)24/h2-4,6-8,14,17,21-22,24-25,32H,5,9-13H2,1H3/t17-,21?,22?,24?,25-/m1/s1. The molecule has 39 heavy (non-hydrogen) atoms. The van der Waals surface area contributed by atoms with E-state index in [4.69, 9.17) is 9.47 Å². The normalized spacial score (nSPS) is 27.4. The third kappa shape index (κ3) is 4.32. The molecule has 2 unspecified atom stereocenters. The Morgan fingerprint density at radius 1 is 1.10 bits per heavy atom. The van der Waals surface area contributed by atoms with Gasteiger partial charge in [0.15, 0.2) is 5.82 Å². The number of carbonyl (C=O) groups excluding carboxylic acids is 1. The number of nitrogens with one attached hydrogen (secondary N) is 1. The summed E-state index contributed by atoms with van der Waals surface area (Å²) in [4.78, 5) is 14.9. The predicted molar refractivity (Wildman–Crippen MR) is 134 cm³/mol. The Balaban J connectivity index is 1.11. The van der Waals surface area contributed by atoms with Crippen molar-refractivity contribution in [2.24, 2.45) is 24.8 Å². The number of hydrogen-bond acceptors (Lipinski definition) is 6. The smallest absolute Gasteiger partial charge is 0.381 e. The summed E-state index contributed by atoms with van der Waals surface area (Å²) in [5, 5.41) is 11.4. The summed E-state index contributed by atoms with van der Waals surface area (Å²) >= 11 is 0. The Morgan fingerprint density at radius 2 is 1.92 bits per heavy atom. The molecule has 204 valence electrons. The maximum absolute atomic E-state index is 14.1. The molecule has 3 aliphatic heterocycles. The van der Waals surface area contributed by atoms with E-state index in [9.17, 15) is 18.0 Å². The molecule has 0 bridgehead atoms. The predicted octanol–water partition coefficient (Wildman–Crippen LogP) is 3.66. The summed E-state index contributed by atoms with van der Waals surface area (Å²) < 4.78 is 55.3. The monoisotopic (exact) mass is 539 g/mol. The van der Waals surface area contributed by atoms with Crippen LogP contribution in [0.4, 0.5) is 18.9 Å². The number of carbonyl (C=O) groups is 1. The molecule has 1 aromatic heterocycles. The fourth-order valence-electron chi connectivity index (χ4n) is 6.29. The van der Waals surface area contributed by atoms with E-state index in [1.807, 2.05) is 29.8 Å². The van der Waals surface area contributed by atoms with Crippen LogP contribution in [-0.2, 0) is 42.2 Å². The number of rotatable bonds is 7. The zero-order valence-corrected chi connectivity index (χ0v) is 21.3. The van der Waals surface area contributed by atoms with Crippen molar-refractivity contribution in [2.45, 2.75) is 37.8 Å². The van der Waals surface area contributed by atoms with E-state index in [-0.39, 0.29) is 42.3 Å². The average Bonchev–Trinajstić information content (AvgIpc) is 3.26. The Labute approximate surface area is 223 Å². The van der Waals surface area contributed by atoms with E-state index in [2.05, 4.69) is 15.5 Å². The number of amides is 1. The fraction of sp³-hybridized carbons (Fsp3) is 0.464. The van der Waals surface area contributed by atoms with E-state index in [1.54, 1.807) is 18.5 Å². The first-order valence-corrected chi connectivity index (χ1v) is 13.2. The van der Waals surface area contributed by atoms with Crippen LogP contribution in [0.3, 0.4) is 0 Å². The van der Waals surface area contributed by atoms with Crippen LogP contribution >= 0.6 is 0 Å². The lowest BCUT2D eigenvalue weighted by Crippen LogP contribution is -2.35. The highest BCUT2D eigenvalue weighted by molar-refractivity contribution is 6.10. The molecule has 8 nitrogen and oxygen atoms in total. The summed E-state index contributed by atoms with van der Waals surface area (Å²) in [5.41, 5.74) is 1.46. The van der Waals surface area contributed by atoms with Crippen LogP contribution in [0.1, 0.15) is 44.5 Å². The lowest BCUT2D eigenvalue weighted by molar-refractivity contribution is -0.138. The second-order valence-electron chi connectivity index (χ2n) is 11.0. The van der Waals surface area contributed by atoms with Crippen LogP contribution in [0.5, 0.6) is 0 Å². The molecule has 1 amide bonds. The molecular formula is C28H28F3N5O3. The van der Waals surface area contributed by atoms with Crippen molar-refractivity contribution in [2.75, 3.05) is 24.7 Å². The van der Waals surface area contributed by atoms with Gasteiger partial charge in [0.2, 0.25) is 0 Å². The Morgan fingerprint density at radius 3 is 2.62 bits per heavy atom. The van der Waals surface area contributed by atoms with Crippen molar-refractivity contribution in [1.82, 2.24) is 20.1 Å². The van der Waals surface area contributed by atoms with Crippen molar-refractivity contribution in [3.05, 3.63) is 76.4 Å². The molecule has 3 aromatic rings.